The fourth-order valence-electron chi connectivity index (χ4n) is 1.71. The number of aryl methyl sites for hydroxylation is 1. The van der Waals surface area contributed by atoms with Crippen LogP contribution in [0.15, 0.2) is 24.4 Å². The minimum Gasteiger partial charge on any atom is -0.332 e. The molecule has 8 heteroatoms. The van der Waals surface area contributed by atoms with Crippen LogP contribution in [0.4, 0.5) is 10.6 Å². The molecule has 22 heavy (non-hydrogen) atoms. The van der Waals surface area contributed by atoms with Crippen molar-refractivity contribution in [3.63, 3.8) is 0 Å². The molecule has 3 N–H and O–H groups in total. The molecule has 0 aliphatic rings. The van der Waals surface area contributed by atoms with Crippen LogP contribution in [0, 0.1) is 6.92 Å². The molecular weight excluding hydrogens is 284 g/mol. The predicted molar refractivity (Wildman–Crippen MR) is 81.4 cm³/mol. The van der Waals surface area contributed by atoms with Crippen molar-refractivity contribution in [2.75, 3.05) is 19.4 Å². The number of aromatic nitrogens is 3. The monoisotopic (exact) mass is 302 g/mol. The van der Waals surface area contributed by atoms with Gasteiger partial charge in [-0.15, -0.1) is 0 Å². The first kappa shape index (κ1) is 15.5. The van der Waals surface area contributed by atoms with Gasteiger partial charge in [0, 0.05) is 37.6 Å². The van der Waals surface area contributed by atoms with E-state index in [9.17, 15) is 9.59 Å². The van der Waals surface area contributed by atoms with Crippen molar-refractivity contribution in [2.24, 2.45) is 0 Å². The van der Waals surface area contributed by atoms with E-state index in [0.717, 1.165) is 5.69 Å². The summed E-state index contributed by atoms with van der Waals surface area (Å²) in [5, 5.41) is 12.1. The Morgan fingerprint density at radius 2 is 2.09 bits per heavy atom. The minimum absolute atomic E-state index is 0.219. The first-order valence-corrected chi connectivity index (χ1v) is 6.69. The summed E-state index contributed by atoms with van der Waals surface area (Å²) in [7, 11) is 3.30. The van der Waals surface area contributed by atoms with Crippen LogP contribution in [0.1, 0.15) is 21.7 Å². The Morgan fingerprint density at radius 1 is 1.32 bits per heavy atom. The molecule has 0 bridgehead atoms. The Labute approximate surface area is 127 Å². The second-order valence-electron chi connectivity index (χ2n) is 4.98. The van der Waals surface area contributed by atoms with Crippen LogP contribution in [0.2, 0.25) is 0 Å². The Morgan fingerprint density at radius 3 is 2.73 bits per heavy atom. The third kappa shape index (κ3) is 4.05. The summed E-state index contributed by atoms with van der Waals surface area (Å²) in [4.78, 5) is 29.2. The molecule has 0 aromatic carbocycles. The quantitative estimate of drug-likeness (QED) is 0.788. The zero-order valence-electron chi connectivity index (χ0n) is 12.7. The average molecular weight is 302 g/mol. The number of rotatable bonds is 4. The van der Waals surface area contributed by atoms with Crippen molar-refractivity contribution in [3.8, 4) is 0 Å². The smallest absolute Gasteiger partial charge is 0.317 e. The summed E-state index contributed by atoms with van der Waals surface area (Å²) < 4.78 is 0. The molecule has 116 valence electrons. The molecule has 0 unspecified atom stereocenters. The van der Waals surface area contributed by atoms with Crippen LogP contribution < -0.4 is 10.6 Å². The van der Waals surface area contributed by atoms with Gasteiger partial charge in [-0.25, -0.2) is 4.79 Å². The largest absolute Gasteiger partial charge is 0.332 e. The summed E-state index contributed by atoms with van der Waals surface area (Å²) in [5.41, 5.74) is 1.91. The zero-order valence-corrected chi connectivity index (χ0v) is 12.7. The van der Waals surface area contributed by atoms with Crippen LogP contribution in [-0.2, 0) is 6.54 Å². The van der Waals surface area contributed by atoms with Crippen molar-refractivity contribution in [2.45, 2.75) is 13.5 Å². The minimum atomic E-state index is -0.283. The second kappa shape index (κ2) is 6.70. The maximum absolute atomic E-state index is 12.1. The molecule has 2 aromatic rings. The lowest BCUT2D eigenvalue weighted by atomic mass is 10.2. The second-order valence-corrected chi connectivity index (χ2v) is 4.98. The topological polar surface area (TPSA) is 103 Å². The highest BCUT2D eigenvalue weighted by Gasteiger charge is 2.10. The number of carbonyl (C=O) groups is 2. The normalized spacial score (nSPS) is 10.1. The highest BCUT2D eigenvalue weighted by Crippen LogP contribution is 2.08. The number of urea groups is 1. The SMILES string of the molecule is Cc1cc(NC(=O)c2ccnc(CNC(=O)N(C)C)c2)n[nH]1. The van der Waals surface area contributed by atoms with Crippen molar-refractivity contribution in [1.82, 2.24) is 25.4 Å². The molecule has 0 spiro atoms. The molecule has 2 rings (SSSR count). The average Bonchev–Trinajstić information content (AvgIpc) is 2.90. The molecule has 0 fully saturated rings. The molecule has 0 aliphatic carbocycles. The number of hydrogen-bond donors (Lipinski definition) is 3. The molecule has 0 atom stereocenters. The van der Waals surface area contributed by atoms with Crippen LogP contribution in [-0.4, -0.2) is 46.1 Å². The number of nitrogens with zero attached hydrogens (tertiary/aromatic N) is 3. The third-order valence-electron chi connectivity index (χ3n) is 2.85. The first-order chi connectivity index (χ1) is 10.5. The van der Waals surface area contributed by atoms with Crippen molar-refractivity contribution in [1.29, 1.82) is 0 Å². The summed E-state index contributed by atoms with van der Waals surface area (Å²) in [6.45, 7) is 2.10. The van der Waals surface area contributed by atoms with E-state index in [4.69, 9.17) is 0 Å². The molecule has 3 amide bonds. The fraction of sp³-hybridized carbons (Fsp3) is 0.286. The summed E-state index contributed by atoms with van der Waals surface area (Å²) >= 11 is 0. The third-order valence-corrected chi connectivity index (χ3v) is 2.85. The van der Waals surface area contributed by atoms with Gasteiger partial charge in [-0.2, -0.15) is 5.10 Å². The zero-order chi connectivity index (χ0) is 16.1. The lowest BCUT2D eigenvalue weighted by molar-refractivity contribution is 0.102. The summed E-state index contributed by atoms with van der Waals surface area (Å²) in [5.74, 6) is 0.177. The highest BCUT2D eigenvalue weighted by molar-refractivity contribution is 6.03. The number of H-pyrrole nitrogens is 1. The van der Waals surface area contributed by atoms with E-state index in [1.54, 1.807) is 32.3 Å². The van der Waals surface area contributed by atoms with Crippen molar-refractivity contribution >= 4 is 17.8 Å². The van der Waals surface area contributed by atoms with Gasteiger partial charge in [0.2, 0.25) is 0 Å². The Bertz CT molecular complexity index is 679. The lowest BCUT2D eigenvalue weighted by Crippen LogP contribution is -2.34. The number of aromatic amines is 1. The van der Waals surface area contributed by atoms with Gasteiger partial charge in [-0.05, 0) is 19.1 Å². The molecule has 0 radical (unpaired) electrons. The Hall–Kier alpha value is -2.90. The van der Waals surface area contributed by atoms with E-state index < -0.39 is 0 Å². The highest BCUT2D eigenvalue weighted by atomic mass is 16.2. The number of anilines is 1. The Kier molecular flexibility index (Phi) is 4.72. The number of pyridine rings is 1. The molecule has 8 nitrogen and oxygen atoms in total. The number of nitrogens with one attached hydrogen (secondary N) is 3. The van der Waals surface area contributed by atoms with Crippen LogP contribution in [0.3, 0.4) is 0 Å². The van der Waals surface area contributed by atoms with E-state index in [1.165, 1.54) is 11.1 Å². The van der Waals surface area contributed by atoms with Gasteiger partial charge in [0.25, 0.3) is 5.91 Å². The molecule has 2 aromatic heterocycles. The van der Waals surface area contributed by atoms with Gasteiger partial charge in [0.05, 0.1) is 12.2 Å². The molecule has 2 heterocycles. The Balaban J connectivity index is 2.01. The van der Waals surface area contributed by atoms with Gasteiger partial charge in [0.1, 0.15) is 0 Å². The van der Waals surface area contributed by atoms with E-state index in [1.807, 2.05) is 6.92 Å². The maximum atomic E-state index is 12.1. The first-order valence-electron chi connectivity index (χ1n) is 6.69. The van der Waals surface area contributed by atoms with Crippen molar-refractivity contribution < 1.29 is 9.59 Å². The molecule has 0 saturated heterocycles. The van der Waals surface area contributed by atoms with Crippen molar-refractivity contribution in [3.05, 3.63) is 41.3 Å². The van der Waals surface area contributed by atoms with E-state index in [0.29, 0.717) is 17.1 Å². The van der Waals surface area contributed by atoms with Crippen LogP contribution >= 0.6 is 0 Å². The summed E-state index contributed by atoms with van der Waals surface area (Å²) in [6.07, 6.45) is 1.53. The predicted octanol–water partition coefficient (Wildman–Crippen LogP) is 1.14. The number of carbonyl (C=O) groups excluding carboxylic acids is 2. The molecule has 0 saturated carbocycles. The molecule has 0 aliphatic heterocycles. The fourth-order valence-corrected chi connectivity index (χ4v) is 1.71. The maximum Gasteiger partial charge on any atom is 0.317 e. The van der Waals surface area contributed by atoms with Gasteiger partial charge < -0.3 is 15.5 Å². The van der Waals surface area contributed by atoms with E-state index >= 15 is 0 Å². The van der Waals surface area contributed by atoms with E-state index in [-0.39, 0.29) is 18.5 Å². The van der Waals surface area contributed by atoms with Gasteiger partial charge in [0.15, 0.2) is 5.82 Å². The standard InChI is InChI=1S/C14H18N6O2/c1-9-6-12(19-18-9)17-13(21)10-4-5-15-11(7-10)8-16-14(22)20(2)3/h4-7H,8H2,1-3H3,(H,16,22)(H2,17,18,19,21). The number of hydrogen-bond acceptors (Lipinski definition) is 4. The van der Waals surface area contributed by atoms with E-state index in [2.05, 4.69) is 25.8 Å². The number of amides is 3. The van der Waals surface area contributed by atoms with Crippen LogP contribution in [0.5, 0.6) is 0 Å². The van der Waals surface area contributed by atoms with Crippen LogP contribution in [0.25, 0.3) is 0 Å². The van der Waals surface area contributed by atoms with Gasteiger partial charge in [-0.1, -0.05) is 0 Å². The van der Waals surface area contributed by atoms with Gasteiger partial charge in [-0.3, -0.25) is 14.9 Å². The van der Waals surface area contributed by atoms with Gasteiger partial charge >= 0.3 is 6.03 Å². The molecular formula is C14H18N6O2. The lowest BCUT2D eigenvalue weighted by Gasteiger charge is -2.11. The summed E-state index contributed by atoms with van der Waals surface area (Å²) in [6, 6.07) is 4.75.